The van der Waals surface area contributed by atoms with Crippen LogP contribution in [0.25, 0.3) is 0 Å². The molecule has 3 N–H and O–H groups in total. The van der Waals surface area contributed by atoms with E-state index in [2.05, 4.69) is 28.1 Å². The largest absolute Gasteiger partial charge is 0.326 e. The van der Waals surface area contributed by atoms with Crippen LogP contribution in [-0.4, -0.2) is 17.9 Å². The van der Waals surface area contributed by atoms with Crippen LogP contribution >= 0.6 is 0 Å². The second-order valence-electron chi connectivity index (χ2n) is 5.84. The molecule has 0 unspecified atom stereocenters. The lowest BCUT2D eigenvalue weighted by molar-refractivity contribution is -0.118. The summed E-state index contributed by atoms with van der Waals surface area (Å²) in [6.07, 6.45) is 0. The van der Waals surface area contributed by atoms with Gasteiger partial charge in [-0.15, -0.1) is 0 Å². The standard InChI is InChI=1S/C19H23N3O2/c1-13-4-6-16(7-5-13)12-20-14(2)19(24)22-18-10-8-17(9-11-18)21-15(3)23/h4-11,14,20H,12H2,1-3H3,(H,21,23)(H,22,24)/t14-/m1/s1. The van der Waals surface area contributed by atoms with Crippen LogP contribution in [0.3, 0.4) is 0 Å². The lowest BCUT2D eigenvalue weighted by atomic mass is 10.1. The van der Waals surface area contributed by atoms with Crippen LogP contribution in [0, 0.1) is 6.92 Å². The molecule has 5 nitrogen and oxygen atoms in total. The number of benzene rings is 2. The highest BCUT2D eigenvalue weighted by molar-refractivity contribution is 5.95. The molecule has 0 heterocycles. The molecule has 1 atom stereocenters. The molecule has 2 aromatic carbocycles. The second-order valence-corrected chi connectivity index (χ2v) is 5.84. The number of rotatable bonds is 6. The molecule has 0 bridgehead atoms. The Balaban J connectivity index is 1.84. The Kier molecular flexibility index (Phi) is 6.09. The average molecular weight is 325 g/mol. The Morgan fingerprint density at radius 3 is 2.00 bits per heavy atom. The number of carbonyl (C=O) groups excluding carboxylic acids is 2. The first kappa shape index (κ1) is 17.7. The SMILES string of the molecule is CC(=O)Nc1ccc(NC(=O)[C@@H](C)NCc2ccc(C)cc2)cc1. The van der Waals surface area contributed by atoms with Crippen LogP contribution < -0.4 is 16.0 Å². The van der Waals surface area contributed by atoms with Crippen LogP contribution in [0.1, 0.15) is 25.0 Å². The molecule has 0 saturated carbocycles. The molecule has 0 aromatic heterocycles. The Hall–Kier alpha value is -2.66. The van der Waals surface area contributed by atoms with Gasteiger partial charge in [0.1, 0.15) is 0 Å². The van der Waals surface area contributed by atoms with Crippen molar-refractivity contribution in [3.63, 3.8) is 0 Å². The number of amides is 2. The molecule has 126 valence electrons. The highest BCUT2D eigenvalue weighted by atomic mass is 16.2. The summed E-state index contributed by atoms with van der Waals surface area (Å²) in [7, 11) is 0. The van der Waals surface area contributed by atoms with Gasteiger partial charge in [-0.2, -0.15) is 0 Å². The molecule has 5 heteroatoms. The van der Waals surface area contributed by atoms with Gasteiger partial charge in [0.15, 0.2) is 0 Å². The van der Waals surface area contributed by atoms with Crippen molar-refractivity contribution < 1.29 is 9.59 Å². The highest BCUT2D eigenvalue weighted by Gasteiger charge is 2.12. The van der Waals surface area contributed by atoms with Crippen molar-refractivity contribution in [2.75, 3.05) is 10.6 Å². The quantitative estimate of drug-likeness (QED) is 0.764. The van der Waals surface area contributed by atoms with E-state index in [0.29, 0.717) is 17.9 Å². The van der Waals surface area contributed by atoms with Crippen LogP contribution in [0.15, 0.2) is 48.5 Å². The van der Waals surface area contributed by atoms with Crippen molar-refractivity contribution in [2.24, 2.45) is 0 Å². The lowest BCUT2D eigenvalue weighted by Crippen LogP contribution is -2.37. The first-order valence-corrected chi connectivity index (χ1v) is 7.91. The lowest BCUT2D eigenvalue weighted by Gasteiger charge is -2.14. The van der Waals surface area contributed by atoms with E-state index in [1.807, 2.05) is 26.0 Å². The molecule has 0 saturated heterocycles. The molecule has 2 aromatic rings. The molecule has 0 spiro atoms. The van der Waals surface area contributed by atoms with Gasteiger partial charge in [0.05, 0.1) is 6.04 Å². The van der Waals surface area contributed by atoms with Gasteiger partial charge in [-0.25, -0.2) is 0 Å². The second kappa shape index (κ2) is 8.26. The maximum atomic E-state index is 12.2. The van der Waals surface area contributed by atoms with Gasteiger partial charge < -0.3 is 16.0 Å². The smallest absolute Gasteiger partial charge is 0.241 e. The molecule has 2 rings (SSSR count). The van der Waals surface area contributed by atoms with Gasteiger partial charge in [0.2, 0.25) is 11.8 Å². The topological polar surface area (TPSA) is 70.2 Å². The van der Waals surface area contributed by atoms with Crippen molar-refractivity contribution in [1.29, 1.82) is 0 Å². The highest BCUT2D eigenvalue weighted by Crippen LogP contribution is 2.13. The van der Waals surface area contributed by atoms with Crippen LogP contribution in [-0.2, 0) is 16.1 Å². The zero-order valence-corrected chi connectivity index (χ0v) is 14.2. The monoisotopic (exact) mass is 325 g/mol. The van der Waals surface area contributed by atoms with E-state index < -0.39 is 0 Å². The summed E-state index contributed by atoms with van der Waals surface area (Å²) in [5.74, 6) is -0.227. The molecule has 0 aliphatic rings. The van der Waals surface area contributed by atoms with E-state index in [1.54, 1.807) is 24.3 Å². The van der Waals surface area contributed by atoms with E-state index in [4.69, 9.17) is 0 Å². The van der Waals surface area contributed by atoms with E-state index in [0.717, 1.165) is 5.56 Å². The third-order valence-corrected chi connectivity index (χ3v) is 3.60. The normalized spacial score (nSPS) is 11.6. The Labute approximate surface area is 142 Å². The molecule has 0 fully saturated rings. The van der Waals surface area contributed by atoms with E-state index in [9.17, 15) is 9.59 Å². The van der Waals surface area contributed by atoms with Crippen molar-refractivity contribution in [3.8, 4) is 0 Å². The van der Waals surface area contributed by atoms with Crippen molar-refractivity contribution in [2.45, 2.75) is 33.4 Å². The summed E-state index contributed by atoms with van der Waals surface area (Å²) in [5.41, 5.74) is 3.75. The van der Waals surface area contributed by atoms with Gasteiger partial charge in [-0.3, -0.25) is 9.59 Å². The van der Waals surface area contributed by atoms with Crippen LogP contribution in [0.2, 0.25) is 0 Å². The van der Waals surface area contributed by atoms with Crippen molar-refractivity contribution >= 4 is 23.2 Å². The number of hydrogen-bond donors (Lipinski definition) is 3. The first-order chi connectivity index (χ1) is 11.4. The molecule has 0 aliphatic heterocycles. The number of carbonyl (C=O) groups is 2. The zero-order valence-electron chi connectivity index (χ0n) is 14.2. The van der Waals surface area contributed by atoms with Gasteiger partial charge in [-0.1, -0.05) is 29.8 Å². The zero-order chi connectivity index (χ0) is 17.5. The first-order valence-electron chi connectivity index (χ1n) is 7.91. The Morgan fingerprint density at radius 1 is 0.917 bits per heavy atom. The average Bonchev–Trinajstić information content (AvgIpc) is 2.55. The maximum Gasteiger partial charge on any atom is 0.241 e. The van der Waals surface area contributed by atoms with Gasteiger partial charge in [0.25, 0.3) is 0 Å². The predicted molar refractivity (Wildman–Crippen MR) is 96.9 cm³/mol. The molecule has 24 heavy (non-hydrogen) atoms. The fourth-order valence-electron chi connectivity index (χ4n) is 2.16. The molecule has 2 amide bonds. The summed E-state index contributed by atoms with van der Waals surface area (Å²) in [5, 5.41) is 8.75. The summed E-state index contributed by atoms with van der Waals surface area (Å²) < 4.78 is 0. The number of aryl methyl sites for hydroxylation is 1. The van der Waals surface area contributed by atoms with Gasteiger partial charge in [-0.05, 0) is 43.7 Å². The Morgan fingerprint density at radius 2 is 1.46 bits per heavy atom. The molecular formula is C19H23N3O2. The minimum absolute atomic E-state index is 0.102. The summed E-state index contributed by atoms with van der Waals surface area (Å²) >= 11 is 0. The molecule has 0 aliphatic carbocycles. The maximum absolute atomic E-state index is 12.2. The molecular weight excluding hydrogens is 302 g/mol. The molecule has 0 radical (unpaired) electrons. The summed E-state index contributed by atoms with van der Waals surface area (Å²) in [6.45, 7) is 5.97. The van der Waals surface area contributed by atoms with Crippen molar-refractivity contribution in [1.82, 2.24) is 5.32 Å². The predicted octanol–water partition coefficient (Wildman–Crippen LogP) is 3.07. The summed E-state index contributed by atoms with van der Waals surface area (Å²) in [6, 6.07) is 14.9. The fourth-order valence-corrected chi connectivity index (χ4v) is 2.16. The number of hydrogen-bond acceptors (Lipinski definition) is 3. The summed E-state index contributed by atoms with van der Waals surface area (Å²) in [4.78, 5) is 23.2. The van der Waals surface area contributed by atoms with E-state index >= 15 is 0 Å². The minimum Gasteiger partial charge on any atom is -0.326 e. The van der Waals surface area contributed by atoms with E-state index in [-0.39, 0.29) is 17.9 Å². The van der Waals surface area contributed by atoms with Gasteiger partial charge >= 0.3 is 0 Å². The van der Waals surface area contributed by atoms with E-state index in [1.165, 1.54) is 12.5 Å². The third-order valence-electron chi connectivity index (χ3n) is 3.60. The van der Waals surface area contributed by atoms with Crippen LogP contribution in [0.4, 0.5) is 11.4 Å². The fraction of sp³-hybridized carbons (Fsp3) is 0.263. The number of anilines is 2. The van der Waals surface area contributed by atoms with Gasteiger partial charge in [0, 0.05) is 24.8 Å². The van der Waals surface area contributed by atoms with Crippen molar-refractivity contribution in [3.05, 3.63) is 59.7 Å². The number of nitrogens with one attached hydrogen (secondary N) is 3. The van der Waals surface area contributed by atoms with Crippen LogP contribution in [0.5, 0.6) is 0 Å². The minimum atomic E-state index is -0.318. The Bertz CT molecular complexity index is 694. The third kappa shape index (κ3) is 5.52.